The maximum Gasteiger partial charge on any atom is 0.229 e. The van der Waals surface area contributed by atoms with Crippen LogP contribution in [0.3, 0.4) is 0 Å². The molecule has 2 unspecified atom stereocenters. The van der Waals surface area contributed by atoms with Crippen LogP contribution in [-0.4, -0.2) is 49.7 Å². The van der Waals surface area contributed by atoms with Gasteiger partial charge in [0.05, 0.1) is 19.1 Å². The molecule has 0 aromatic heterocycles. The predicted molar refractivity (Wildman–Crippen MR) is 71.3 cm³/mol. The number of hydrogen-bond acceptors (Lipinski definition) is 3. The quantitative estimate of drug-likeness (QED) is 0.776. The largest absolute Gasteiger partial charge is 0.379 e. The van der Waals surface area contributed by atoms with Crippen LogP contribution in [0.15, 0.2) is 0 Å². The Morgan fingerprint density at radius 2 is 2.11 bits per heavy atom. The molecule has 2 atom stereocenters. The zero-order valence-electron chi connectivity index (χ0n) is 11.8. The van der Waals surface area contributed by atoms with Crippen LogP contribution in [0.25, 0.3) is 0 Å². The summed E-state index contributed by atoms with van der Waals surface area (Å²) in [4.78, 5) is 14.7. The van der Waals surface area contributed by atoms with Gasteiger partial charge in [-0.25, -0.2) is 0 Å². The summed E-state index contributed by atoms with van der Waals surface area (Å²) in [6, 6.07) is 0.701. The lowest BCUT2D eigenvalue weighted by molar-refractivity contribution is -0.136. The molecular weight excluding hydrogens is 228 g/mol. The fourth-order valence-corrected chi connectivity index (χ4v) is 2.55. The molecule has 2 rings (SSSR count). The molecule has 1 N–H and O–H groups in total. The number of carbonyl (C=O) groups excluding carboxylic acids is 1. The number of hydrogen-bond donors (Lipinski definition) is 1. The Morgan fingerprint density at radius 1 is 1.39 bits per heavy atom. The minimum Gasteiger partial charge on any atom is -0.379 e. The van der Waals surface area contributed by atoms with Crippen LogP contribution in [0.1, 0.15) is 33.1 Å². The van der Waals surface area contributed by atoms with E-state index in [2.05, 4.69) is 24.1 Å². The van der Waals surface area contributed by atoms with Gasteiger partial charge in [0.15, 0.2) is 0 Å². The smallest absolute Gasteiger partial charge is 0.229 e. The molecule has 1 amide bonds. The third-order valence-electron chi connectivity index (χ3n) is 3.99. The Labute approximate surface area is 110 Å². The Morgan fingerprint density at radius 3 is 2.67 bits per heavy atom. The second-order valence-corrected chi connectivity index (χ2v) is 5.98. The number of likely N-dealkylation sites (N-methyl/N-ethyl adjacent to an activating group) is 1. The van der Waals surface area contributed by atoms with E-state index >= 15 is 0 Å². The monoisotopic (exact) mass is 254 g/mol. The van der Waals surface area contributed by atoms with Crippen molar-refractivity contribution in [3.63, 3.8) is 0 Å². The van der Waals surface area contributed by atoms with E-state index in [9.17, 15) is 4.79 Å². The second-order valence-electron chi connectivity index (χ2n) is 5.98. The normalized spacial score (nSPS) is 27.8. The van der Waals surface area contributed by atoms with Gasteiger partial charge in [-0.05, 0) is 32.2 Å². The van der Waals surface area contributed by atoms with Crippen molar-refractivity contribution < 1.29 is 9.53 Å². The first-order valence-electron chi connectivity index (χ1n) is 7.19. The summed E-state index contributed by atoms with van der Waals surface area (Å²) >= 11 is 0. The van der Waals surface area contributed by atoms with E-state index in [0.29, 0.717) is 31.1 Å². The van der Waals surface area contributed by atoms with Crippen LogP contribution in [0.4, 0.5) is 0 Å². The van der Waals surface area contributed by atoms with Gasteiger partial charge < -0.3 is 15.0 Å². The highest BCUT2D eigenvalue weighted by atomic mass is 16.5. The van der Waals surface area contributed by atoms with E-state index in [-0.39, 0.29) is 12.0 Å². The average molecular weight is 254 g/mol. The van der Waals surface area contributed by atoms with Crippen LogP contribution < -0.4 is 5.32 Å². The van der Waals surface area contributed by atoms with E-state index in [1.807, 2.05) is 7.05 Å². The Bertz CT molecular complexity index is 290. The first-order valence-corrected chi connectivity index (χ1v) is 7.19. The van der Waals surface area contributed by atoms with Crippen molar-refractivity contribution in [1.29, 1.82) is 0 Å². The molecule has 0 aromatic carbocycles. The lowest BCUT2D eigenvalue weighted by Crippen LogP contribution is -2.46. The minimum atomic E-state index is 0.0164. The molecule has 2 aliphatic rings. The highest BCUT2D eigenvalue weighted by Gasteiger charge is 2.40. The van der Waals surface area contributed by atoms with Gasteiger partial charge in [-0.1, -0.05) is 13.8 Å². The highest BCUT2D eigenvalue weighted by molar-refractivity contribution is 5.80. The SMILES string of the molecule is CNC1COCC1C(=O)N(CCC(C)C)C1CC1. The fraction of sp³-hybridized carbons (Fsp3) is 0.929. The third-order valence-corrected chi connectivity index (χ3v) is 3.99. The third kappa shape index (κ3) is 3.23. The lowest BCUT2D eigenvalue weighted by atomic mass is 10.0. The van der Waals surface area contributed by atoms with E-state index < -0.39 is 0 Å². The van der Waals surface area contributed by atoms with E-state index in [1.165, 1.54) is 12.8 Å². The summed E-state index contributed by atoms with van der Waals surface area (Å²) in [5.74, 6) is 0.969. The molecule has 1 aliphatic heterocycles. The maximum absolute atomic E-state index is 12.6. The molecule has 4 nitrogen and oxygen atoms in total. The summed E-state index contributed by atoms with van der Waals surface area (Å²) in [5, 5.41) is 3.20. The standard InChI is InChI=1S/C14H26N2O2/c1-10(2)6-7-16(11-4-5-11)14(17)12-8-18-9-13(12)15-3/h10-13,15H,4-9H2,1-3H3. The molecule has 0 bridgehead atoms. The van der Waals surface area contributed by atoms with E-state index in [0.717, 1.165) is 13.0 Å². The summed E-state index contributed by atoms with van der Waals surface area (Å²) < 4.78 is 5.45. The Hall–Kier alpha value is -0.610. The van der Waals surface area contributed by atoms with Crippen molar-refractivity contribution in [3.8, 4) is 0 Å². The zero-order chi connectivity index (χ0) is 13.1. The second kappa shape index (κ2) is 6.02. The molecule has 1 saturated carbocycles. The Kier molecular flexibility index (Phi) is 4.62. The van der Waals surface area contributed by atoms with Gasteiger partial charge >= 0.3 is 0 Å². The van der Waals surface area contributed by atoms with Crippen LogP contribution in [0.5, 0.6) is 0 Å². The molecule has 1 heterocycles. The lowest BCUT2D eigenvalue weighted by Gasteiger charge is -2.28. The van der Waals surface area contributed by atoms with Gasteiger partial charge in [0, 0.05) is 18.6 Å². The topological polar surface area (TPSA) is 41.6 Å². The molecule has 0 aromatic rings. The maximum atomic E-state index is 12.6. The van der Waals surface area contributed by atoms with Crippen molar-refractivity contribution in [2.75, 3.05) is 26.8 Å². The van der Waals surface area contributed by atoms with E-state index in [1.54, 1.807) is 0 Å². The summed E-state index contributed by atoms with van der Waals surface area (Å²) in [7, 11) is 1.91. The minimum absolute atomic E-state index is 0.0164. The van der Waals surface area contributed by atoms with Crippen LogP contribution in [0.2, 0.25) is 0 Å². The molecule has 4 heteroatoms. The molecule has 0 spiro atoms. The molecule has 1 saturated heterocycles. The zero-order valence-corrected chi connectivity index (χ0v) is 11.8. The molecule has 0 radical (unpaired) electrons. The van der Waals surface area contributed by atoms with Crippen molar-refractivity contribution in [1.82, 2.24) is 10.2 Å². The van der Waals surface area contributed by atoms with Gasteiger partial charge in [0.1, 0.15) is 0 Å². The van der Waals surface area contributed by atoms with Crippen molar-refractivity contribution in [3.05, 3.63) is 0 Å². The van der Waals surface area contributed by atoms with Gasteiger partial charge in [0.2, 0.25) is 5.91 Å². The summed E-state index contributed by atoms with van der Waals surface area (Å²) in [5.41, 5.74) is 0. The number of rotatable bonds is 6. The molecule has 18 heavy (non-hydrogen) atoms. The first-order chi connectivity index (χ1) is 8.63. The highest BCUT2D eigenvalue weighted by Crippen LogP contribution is 2.30. The fourth-order valence-electron chi connectivity index (χ4n) is 2.55. The molecule has 104 valence electrons. The number of ether oxygens (including phenoxy) is 1. The van der Waals surface area contributed by atoms with E-state index in [4.69, 9.17) is 4.74 Å². The van der Waals surface area contributed by atoms with Crippen molar-refractivity contribution in [2.24, 2.45) is 11.8 Å². The average Bonchev–Trinajstić information content (AvgIpc) is 3.06. The first kappa shape index (κ1) is 13.8. The predicted octanol–water partition coefficient (Wildman–Crippen LogP) is 1.26. The van der Waals surface area contributed by atoms with Gasteiger partial charge in [0.25, 0.3) is 0 Å². The molecule has 1 aliphatic carbocycles. The van der Waals surface area contributed by atoms with Crippen LogP contribution in [0, 0.1) is 11.8 Å². The molecular formula is C14H26N2O2. The van der Waals surface area contributed by atoms with Crippen LogP contribution in [-0.2, 0) is 9.53 Å². The van der Waals surface area contributed by atoms with Crippen molar-refractivity contribution in [2.45, 2.75) is 45.2 Å². The number of nitrogens with one attached hydrogen (secondary N) is 1. The van der Waals surface area contributed by atoms with Crippen molar-refractivity contribution >= 4 is 5.91 Å². The van der Waals surface area contributed by atoms with Gasteiger partial charge in [-0.3, -0.25) is 4.79 Å². The number of carbonyl (C=O) groups is 1. The van der Waals surface area contributed by atoms with Crippen LogP contribution >= 0.6 is 0 Å². The Balaban J connectivity index is 1.94. The van der Waals surface area contributed by atoms with Gasteiger partial charge in [-0.2, -0.15) is 0 Å². The number of amides is 1. The molecule has 2 fully saturated rings. The number of nitrogens with zero attached hydrogens (tertiary/aromatic N) is 1. The van der Waals surface area contributed by atoms with Gasteiger partial charge in [-0.15, -0.1) is 0 Å². The summed E-state index contributed by atoms with van der Waals surface area (Å²) in [6.45, 7) is 6.58. The summed E-state index contributed by atoms with van der Waals surface area (Å²) in [6.07, 6.45) is 3.46.